The maximum absolute atomic E-state index is 3.42. The normalized spacial score (nSPS) is 12.7. The quantitative estimate of drug-likeness (QED) is 0.737. The van der Waals surface area contributed by atoms with E-state index in [-0.39, 0.29) is 6.04 Å². The van der Waals surface area contributed by atoms with Crippen LogP contribution < -0.4 is 5.32 Å². The molecule has 18 heavy (non-hydrogen) atoms. The Morgan fingerprint density at radius 3 is 2.56 bits per heavy atom. The second kappa shape index (κ2) is 4.92. The molecule has 0 aliphatic carbocycles. The van der Waals surface area contributed by atoms with Crippen molar-refractivity contribution < 1.29 is 0 Å². The van der Waals surface area contributed by atoms with Crippen LogP contribution in [-0.2, 0) is 0 Å². The molecule has 2 heteroatoms. The van der Waals surface area contributed by atoms with Crippen molar-refractivity contribution in [3.05, 3.63) is 71.1 Å². The molecule has 0 saturated carbocycles. The topological polar surface area (TPSA) is 12.0 Å². The first-order chi connectivity index (χ1) is 8.90. The van der Waals surface area contributed by atoms with Crippen molar-refractivity contribution in [3.8, 4) is 0 Å². The minimum atomic E-state index is 0.258. The zero-order valence-corrected chi connectivity index (χ0v) is 11.1. The van der Waals surface area contributed by atoms with E-state index in [1.165, 1.54) is 21.2 Å². The van der Waals surface area contributed by atoms with Gasteiger partial charge in [-0.05, 0) is 35.0 Å². The molecule has 0 saturated heterocycles. The zero-order valence-electron chi connectivity index (χ0n) is 10.3. The third-order valence-electron chi connectivity index (χ3n) is 3.24. The minimum Gasteiger partial charge on any atom is -0.309 e. The Morgan fingerprint density at radius 2 is 1.78 bits per heavy atom. The lowest BCUT2D eigenvalue weighted by atomic mass is 9.98. The molecule has 0 spiro atoms. The number of nitrogens with one attached hydrogen (secondary N) is 1. The summed E-state index contributed by atoms with van der Waals surface area (Å²) in [6.07, 6.45) is 0. The predicted octanol–water partition coefficient (Wildman–Crippen LogP) is 4.21. The predicted molar refractivity (Wildman–Crippen MR) is 79.2 cm³/mol. The summed E-state index contributed by atoms with van der Waals surface area (Å²) < 4.78 is 1.38. The van der Waals surface area contributed by atoms with Crippen LogP contribution in [0.4, 0.5) is 0 Å². The van der Waals surface area contributed by atoms with Crippen LogP contribution in [0.3, 0.4) is 0 Å². The Hall–Kier alpha value is -1.64. The van der Waals surface area contributed by atoms with E-state index in [0.717, 1.165) is 0 Å². The van der Waals surface area contributed by atoms with Gasteiger partial charge in [0, 0.05) is 4.70 Å². The lowest BCUT2D eigenvalue weighted by molar-refractivity contribution is 0.698. The average molecular weight is 253 g/mol. The Kier molecular flexibility index (Phi) is 3.13. The second-order valence-corrected chi connectivity index (χ2v) is 5.23. The molecule has 1 atom stereocenters. The molecule has 0 amide bonds. The summed E-state index contributed by atoms with van der Waals surface area (Å²) in [5, 5.41) is 6.91. The van der Waals surface area contributed by atoms with Gasteiger partial charge in [-0.3, -0.25) is 0 Å². The highest BCUT2D eigenvalue weighted by Gasteiger charge is 2.14. The maximum atomic E-state index is 3.42. The van der Waals surface area contributed by atoms with E-state index in [1.54, 1.807) is 0 Å². The molecule has 2 aromatic carbocycles. The Labute approximate surface area is 111 Å². The monoisotopic (exact) mass is 253 g/mol. The van der Waals surface area contributed by atoms with E-state index in [9.17, 15) is 0 Å². The molecule has 0 aliphatic rings. The zero-order chi connectivity index (χ0) is 12.4. The van der Waals surface area contributed by atoms with Crippen LogP contribution in [0.1, 0.15) is 17.2 Å². The van der Waals surface area contributed by atoms with Gasteiger partial charge in [-0.1, -0.05) is 48.5 Å². The summed E-state index contributed by atoms with van der Waals surface area (Å²) in [5.41, 5.74) is 2.66. The van der Waals surface area contributed by atoms with Gasteiger partial charge in [0.1, 0.15) is 0 Å². The van der Waals surface area contributed by atoms with Crippen LogP contribution >= 0.6 is 11.3 Å². The van der Waals surface area contributed by atoms with Crippen LogP contribution in [0, 0.1) is 0 Å². The number of thiophene rings is 1. The highest BCUT2D eigenvalue weighted by atomic mass is 32.1. The average Bonchev–Trinajstić information content (AvgIpc) is 2.90. The van der Waals surface area contributed by atoms with Crippen molar-refractivity contribution in [2.24, 2.45) is 0 Å². The van der Waals surface area contributed by atoms with E-state index >= 15 is 0 Å². The van der Waals surface area contributed by atoms with Gasteiger partial charge in [0.15, 0.2) is 0 Å². The summed E-state index contributed by atoms with van der Waals surface area (Å²) in [7, 11) is 2.02. The minimum absolute atomic E-state index is 0.258. The molecule has 3 rings (SSSR count). The van der Waals surface area contributed by atoms with Crippen LogP contribution in [0.25, 0.3) is 10.1 Å². The molecule has 3 aromatic rings. The van der Waals surface area contributed by atoms with E-state index in [0.29, 0.717) is 0 Å². The molecule has 0 fully saturated rings. The third kappa shape index (κ3) is 1.94. The molecule has 90 valence electrons. The van der Waals surface area contributed by atoms with Gasteiger partial charge in [0.05, 0.1) is 6.04 Å². The fraction of sp³-hybridized carbons (Fsp3) is 0.125. The van der Waals surface area contributed by atoms with E-state index in [4.69, 9.17) is 0 Å². The first kappa shape index (κ1) is 11.5. The van der Waals surface area contributed by atoms with Gasteiger partial charge < -0.3 is 5.32 Å². The first-order valence-electron chi connectivity index (χ1n) is 6.08. The van der Waals surface area contributed by atoms with Crippen molar-refractivity contribution >= 4 is 21.4 Å². The molecule has 1 N–H and O–H groups in total. The molecule has 1 unspecified atom stereocenters. The van der Waals surface area contributed by atoms with E-state index in [2.05, 4.69) is 65.3 Å². The fourth-order valence-electron chi connectivity index (χ4n) is 2.39. The standard InChI is InChI=1S/C16H15NS/c1-17-15(12-6-3-2-4-7-12)14-9-5-8-13-10-11-18-16(13)14/h2-11,15,17H,1H3. The van der Waals surface area contributed by atoms with Gasteiger partial charge in [-0.15, -0.1) is 11.3 Å². The van der Waals surface area contributed by atoms with Crippen molar-refractivity contribution in [1.82, 2.24) is 5.32 Å². The smallest absolute Gasteiger partial charge is 0.0588 e. The molecular formula is C16H15NS. The van der Waals surface area contributed by atoms with Crippen LogP contribution in [0.15, 0.2) is 60.0 Å². The molecular weight excluding hydrogens is 238 g/mol. The second-order valence-electron chi connectivity index (χ2n) is 4.32. The molecule has 1 nitrogen and oxygen atoms in total. The molecule has 0 radical (unpaired) electrons. The fourth-order valence-corrected chi connectivity index (χ4v) is 3.34. The Bertz CT molecular complexity index is 642. The number of rotatable bonds is 3. The van der Waals surface area contributed by atoms with Gasteiger partial charge in [0.2, 0.25) is 0 Å². The molecule has 1 aromatic heterocycles. The van der Waals surface area contributed by atoms with Gasteiger partial charge in [-0.25, -0.2) is 0 Å². The summed E-state index contributed by atoms with van der Waals surface area (Å²) in [6.45, 7) is 0. The lowest BCUT2D eigenvalue weighted by Gasteiger charge is -2.18. The molecule has 1 heterocycles. The number of benzene rings is 2. The summed E-state index contributed by atoms with van der Waals surface area (Å²) in [4.78, 5) is 0. The van der Waals surface area contributed by atoms with Crippen molar-refractivity contribution in [2.45, 2.75) is 6.04 Å². The first-order valence-corrected chi connectivity index (χ1v) is 6.96. The number of hydrogen-bond donors (Lipinski definition) is 1. The van der Waals surface area contributed by atoms with Crippen LogP contribution in [0.5, 0.6) is 0 Å². The third-order valence-corrected chi connectivity index (χ3v) is 4.22. The largest absolute Gasteiger partial charge is 0.309 e. The summed E-state index contributed by atoms with van der Waals surface area (Å²) in [6, 6.07) is 19.6. The number of fused-ring (bicyclic) bond motifs is 1. The SMILES string of the molecule is CNC(c1ccccc1)c1cccc2ccsc12. The summed E-state index contributed by atoms with van der Waals surface area (Å²) in [5.74, 6) is 0. The van der Waals surface area contributed by atoms with E-state index in [1.807, 2.05) is 18.4 Å². The molecule has 0 bridgehead atoms. The highest BCUT2D eigenvalue weighted by Crippen LogP contribution is 2.31. The van der Waals surface area contributed by atoms with Crippen molar-refractivity contribution in [1.29, 1.82) is 0 Å². The Morgan fingerprint density at radius 1 is 0.944 bits per heavy atom. The Balaban J connectivity index is 2.15. The van der Waals surface area contributed by atoms with Crippen LogP contribution in [-0.4, -0.2) is 7.05 Å². The van der Waals surface area contributed by atoms with Crippen molar-refractivity contribution in [3.63, 3.8) is 0 Å². The highest BCUT2D eigenvalue weighted by molar-refractivity contribution is 7.17. The summed E-state index contributed by atoms with van der Waals surface area (Å²) >= 11 is 1.81. The maximum Gasteiger partial charge on any atom is 0.0588 e. The van der Waals surface area contributed by atoms with Gasteiger partial charge in [0.25, 0.3) is 0 Å². The molecule has 0 aliphatic heterocycles. The van der Waals surface area contributed by atoms with Crippen molar-refractivity contribution in [2.75, 3.05) is 7.05 Å². The van der Waals surface area contributed by atoms with E-state index < -0.39 is 0 Å². The lowest BCUT2D eigenvalue weighted by Crippen LogP contribution is -2.17. The van der Waals surface area contributed by atoms with Gasteiger partial charge >= 0.3 is 0 Å². The van der Waals surface area contributed by atoms with Crippen LogP contribution in [0.2, 0.25) is 0 Å². The van der Waals surface area contributed by atoms with Gasteiger partial charge in [-0.2, -0.15) is 0 Å². The number of hydrogen-bond acceptors (Lipinski definition) is 2.